The zero-order valence-electron chi connectivity index (χ0n) is 18.7. The molecule has 6 rings (SSSR count). The lowest BCUT2D eigenvalue weighted by atomic mass is 9.95. The van der Waals surface area contributed by atoms with Crippen molar-refractivity contribution in [1.82, 2.24) is 15.1 Å². The fourth-order valence-corrected chi connectivity index (χ4v) is 5.23. The van der Waals surface area contributed by atoms with Crippen molar-refractivity contribution in [3.05, 3.63) is 42.0 Å². The molecule has 2 aromatic carbocycles. The minimum absolute atomic E-state index is 0.0150. The summed E-state index contributed by atoms with van der Waals surface area (Å²) < 4.78 is 10.9. The van der Waals surface area contributed by atoms with E-state index >= 15 is 0 Å². The second-order valence-corrected chi connectivity index (χ2v) is 9.14. The van der Waals surface area contributed by atoms with Crippen LogP contribution in [0, 0.1) is 5.92 Å². The van der Waals surface area contributed by atoms with Crippen molar-refractivity contribution in [2.45, 2.75) is 18.9 Å². The highest BCUT2D eigenvalue weighted by Gasteiger charge is 2.41. The predicted octanol–water partition coefficient (Wildman–Crippen LogP) is 1.69. The summed E-state index contributed by atoms with van der Waals surface area (Å²) in [6, 6.07) is 10.4. The highest BCUT2D eigenvalue weighted by molar-refractivity contribution is 6.10. The first-order valence-corrected chi connectivity index (χ1v) is 11.7. The van der Waals surface area contributed by atoms with Crippen molar-refractivity contribution in [3.63, 3.8) is 0 Å². The summed E-state index contributed by atoms with van der Waals surface area (Å²) in [5.74, 6) is 0.982. The van der Waals surface area contributed by atoms with Crippen LogP contribution in [-0.2, 0) is 9.59 Å². The number of nitrogens with zero attached hydrogens (tertiary/aromatic N) is 2. The highest BCUT2D eigenvalue weighted by Crippen LogP contribution is 2.37. The van der Waals surface area contributed by atoms with Gasteiger partial charge >= 0.3 is 0 Å². The van der Waals surface area contributed by atoms with E-state index in [1.165, 1.54) is 0 Å². The highest BCUT2D eigenvalue weighted by atomic mass is 16.7. The number of carbonyl (C=O) groups is 3. The van der Waals surface area contributed by atoms with E-state index in [4.69, 9.17) is 9.47 Å². The summed E-state index contributed by atoms with van der Waals surface area (Å²) in [5.41, 5.74) is 2.68. The van der Waals surface area contributed by atoms with Gasteiger partial charge in [-0.1, -0.05) is 12.1 Å². The number of benzene rings is 2. The van der Waals surface area contributed by atoms with Crippen LogP contribution in [0.3, 0.4) is 0 Å². The Morgan fingerprint density at radius 1 is 0.941 bits per heavy atom. The van der Waals surface area contributed by atoms with Gasteiger partial charge in [0.2, 0.25) is 18.6 Å². The van der Waals surface area contributed by atoms with Crippen molar-refractivity contribution in [2.24, 2.45) is 5.92 Å². The fraction of sp³-hybridized carbons (Fsp3) is 0.400. The van der Waals surface area contributed by atoms with Crippen molar-refractivity contribution < 1.29 is 23.9 Å². The number of fused-ring (bicyclic) bond motifs is 3. The fourth-order valence-electron chi connectivity index (χ4n) is 5.23. The Balaban J connectivity index is 1.26. The molecule has 2 aromatic rings. The molecule has 4 aliphatic rings. The summed E-state index contributed by atoms with van der Waals surface area (Å²) in [5, 5.41) is 6.19. The molecule has 3 amide bonds. The molecule has 0 bridgehead atoms. The monoisotopic (exact) mass is 462 g/mol. The summed E-state index contributed by atoms with van der Waals surface area (Å²) in [7, 11) is 0. The Hall–Kier alpha value is -3.59. The minimum atomic E-state index is -0.701. The summed E-state index contributed by atoms with van der Waals surface area (Å²) in [6.07, 6.45) is 1.62. The van der Waals surface area contributed by atoms with Crippen molar-refractivity contribution in [1.29, 1.82) is 0 Å². The normalized spacial score (nSPS) is 22.1. The molecule has 4 heterocycles. The Labute approximate surface area is 197 Å². The van der Waals surface area contributed by atoms with Crippen molar-refractivity contribution >= 4 is 23.4 Å². The molecule has 2 N–H and O–H groups in total. The first-order valence-electron chi connectivity index (χ1n) is 11.7. The molecule has 9 nitrogen and oxygen atoms in total. The minimum Gasteiger partial charge on any atom is -0.454 e. The molecule has 9 heteroatoms. The van der Waals surface area contributed by atoms with Gasteiger partial charge in [0.1, 0.15) is 6.04 Å². The molecule has 1 atom stereocenters. The quantitative estimate of drug-likeness (QED) is 0.705. The first kappa shape index (κ1) is 21.0. The third-order valence-electron chi connectivity index (χ3n) is 7.16. The Kier molecular flexibility index (Phi) is 5.13. The summed E-state index contributed by atoms with van der Waals surface area (Å²) in [6.45, 7) is 2.86. The lowest BCUT2D eigenvalue weighted by Crippen LogP contribution is -2.60. The molecular weight excluding hydrogens is 436 g/mol. The van der Waals surface area contributed by atoms with Crippen LogP contribution in [0.2, 0.25) is 0 Å². The van der Waals surface area contributed by atoms with Crippen LogP contribution in [0.4, 0.5) is 5.69 Å². The molecule has 0 spiro atoms. The lowest BCUT2D eigenvalue weighted by Gasteiger charge is -2.41. The molecule has 0 saturated carbocycles. The number of piperidine rings is 1. The van der Waals surface area contributed by atoms with Gasteiger partial charge in [-0.25, -0.2) is 0 Å². The summed E-state index contributed by atoms with van der Waals surface area (Å²) in [4.78, 5) is 43.1. The molecule has 0 unspecified atom stereocenters. The van der Waals surface area contributed by atoms with Gasteiger partial charge < -0.3 is 29.9 Å². The molecule has 2 fully saturated rings. The van der Waals surface area contributed by atoms with E-state index in [1.54, 1.807) is 15.9 Å². The maximum atomic E-state index is 13.5. The van der Waals surface area contributed by atoms with E-state index in [-0.39, 0.29) is 37.0 Å². The number of ether oxygens (including phenoxy) is 2. The number of amides is 3. The SMILES string of the molecule is O=C1Nc2ccc(-c3ccc4c(c3)OCO4)cc2C(=O)N2CCN(C(=O)C3CCNCC3)C[C@@H]12. The van der Waals surface area contributed by atoms with Gasteiger partial charge in [0.25, 0.3) is 5.91 Å². The van der Waals surface area contributed by atoms with Crippen LogP contribution in [0.1, 0.15) is 23.2 Å². The molecular formula is C25H26N4O5. The zero-order chi connectivity index (χ0) is 23.2. The van der Waals surface area contributed by atoms with Gasteiger partial charge in [0, 0.05) is 19.0 Å². The standard InChI is InChI=1S/C25H26N4O5/c30-23-20-13-28(24(31)15-5-7-26-8-6-15)9-10-29(20)25(32)18-11-16(1-3-19(18)27-23)17-2-4-21-22(12-17)34-14-33-21/h1-4,11-12,15,20,26H,5-10,13-14H2,(H,27,30)/t20-/m0/s1. The molecule has 0 radical (unpaired) electrons. The second kappa shape index (κ2) is 8.32. The van der Waals surface area contributed by atoms with E-state index < -0.39 is 6.04 Å². The third-order valence-corrected chi connectivity index (χ3v) is 7.16. The molecule has 34 heavy (non-hydrogen) atoms. The number of carbonyl (C=O) groups excluding carboxylic acids is 3. The van der Waals surface area contributed by atoms with Crippen LogP contribution in [-0.4, -0.2) is 73.1 Å². The van der Waals surface area contributed by atoms with E-state index in [0.29, 0.717) is 35.8 Å². The maximum absolute atomic E-state index is 13.5. The number of nitrogens with one attached hydrogen (secondary N) is 2. The van der Waals surface area contributed by atoms with Crippen LogP contribution < -0.4 is 20.1 Å². The van der Waals surface area contributed by atoms with Gasteiger partial charge in [-0.2, -0.15) is 0 Å². The van der Waals surface area contributed by atoms with Gasteiger partial charge in [-0.15, -0.1) is 0 Å². The molecule has 4 aliphatic heterocycles. The Bertz CT molecular complexity index is 1180. The van der Waals surface area contributed by atoms with Gasteiger partial charge in [-0.05, 0) is 61.3 Å². The number of anilines is 1. The Morgan fingerprint density at radius 3 is 2.56 bits per heavy atom. The largest absolute Gasteiger partial charge is 0.454 e. The topological polar surface area (TPSA) is 100 Å². The average Bonchev–Trinajstić information content (AvgIpc) is 3.32. The zero-order valence-corrected chi connectivity index (χ0v) is 18.7. The van der Waals surface area contributed by atoms with E-state index in [9.17, 15) is 14.4 Å². The lowest BCUT2D eigenvalue weighted by molar-refractivity contribution is -0.140. The smallest absolute Gasteiger partial charge is 0.256 e. The Morgan fingerprint density at radius 2 is 1.71 bits per heavy atom. The van der Waals surface area contributed by atoms with Crippen LogP contribution >= 0.6 is 0 Å². The number of piperazine rings is 1. The van der Waals surface area contributed by atoms with Crippen molar-refractivity contribution in [3.8, 4) is 22.6 Å². The van der Waals surface area contributed by atoms with E-state index in [2.05, 4.69) is 10.6 Å². The van der Waals surface area contributed by atoms with Crippen LogP contribution in [0.15, 0.2) is 36.4 Å². The molecule has 176 valence electrons. The molecule has 2 saturated heterocycles. The first-order chi connectivity index (χ1) is 16.6. The molecule has 0 aliphatic carbocycles. The number of hydrogen-bond acceptors (Lipinski definition) is 6. The van der Waals surface area contributed by atoms with Crippen LogP contribution in [0.5, 0.6) is 11.5 Å². The van der Waals surface area contributed by atoms with Gasteiger partial charge in [0.05, 0.1) is 17.8 Å². The van der Waals surface area contributed by atoms with E-state index in [1.807, 2.05) is 30.3 Å². The van der Waals surface area contributed by atoms with Gasteiger partial charge in [-0.3, -0.25) is 14.4 Å². The summed E-state index contributed by atoms with van der Waals surface area (Å²) >= 11 is 0. The molecule has 0 aromatic heterocycles. The third kappa shape index (κ3) is 3.56. The maximum Gasteiger partial charge on any atom is 0.256 e. The predicted molar refractivity (Wildman–Crippen MR) is 124 cm³/mol. The van der Waals surface area contributed by atoms with E-state index in [0.717, 1.165) is 37.1 Å². The number of hydrogen-bond donors (Lipinski definition) is 2. The van der Waals surface area contributed by atoms with Crippen LogP contribution in [0.25, 0.3) is 11.1 Å². The average molecular weight is 463 g/mol. The van der Waals surface area contributed by atoms with Gasteiger partial charge in [0.15, 0.2) is 11.5 Å². The number of rotatable bonds is 2. The second-order valence-electron chi connectivity index (χ2n) is 9.14. The van der Waals surface area contributed by atoms with Crippen molar-refractivity contribution in [2.75, 3.05) is 44.8 Å².